The van der Waals surface area contributed by atoms with E-state index >= 15 is 0 Å². The normalized spacial score (nSPS) is 17.8. The van der Waals surface area contributed by atoms with Gasteiger partial charge in [0.15, 0.2) is 0 Å². The molecule has 0 saturated heterocycles. The summed E-state index contributed by atoms with van der Waals surface area (Å²) in [6.07, 6.45) is 3.27. The average Bonchev–Trinajstić information content (AvgIpc) is 2.00. The minimum Gasteiger partial charge on any atom is -0.324 e. The number of halogens is 3. The highest BCUT2D eigenvalue weighted by Crippen LogP contribution is 2.36. The Balaban J connectivity index is 0.00000112. The van der Waals surface area contributed by atoms with Crippen LogP contribution in [0, 0.1) is 17.6 Å². The molecule has 0 heterocycles. The van der Waals surface area contributed by atoms with Crippen LogP contribution in [0.4, 0.5) is 8.78 Å². The lowest BCUT2D eigenvalue weighted by molar-refractivity contribution is 0.260. The van der Waals surface area contributed by atoms with E-state index in [4.69, 9.17) is 5.73 Å². The summed E-state index contributed by atoms with van der Waals surface area (Å²) in [5.74, 6) is -0.702. The van der Waals surface area contributed by atoms with Gasteiger partial charge in [0.25, 0.3) is 0 Å². The summed E-state index contributed by atoms with van der Waals surface area (Å²) in [4.78, 5) is 0. The van der Waals surface area contributed by atoms with E-state index in [2.05, 4.69) is 0 Å². The van der Waals surface area contributed by atoms with Crippen LogP contribution in [0.1, 0.15) is 30.9 Å². The van der Waals surface area contributed by atoms with Crippen LogP contribution in [-0.4, -0.2) is 0 Å². The average molecular weight is 234 g/mol. The van der Waals surface area contributed by atoms with Crippen molar-refractivity contribution in [1.82, 2.24) is 0 Å². The quantitative estimate of drug-likeness (QED) is 0.834. The van der Waals surface area contributed by atoms with Crippen LogP contribution in [0.2, 0.25) is 0 Å². The molecule has 2 N–H and O–H groups in total. The first-order valence-corrected chi connectivity index (χ1v) is 4.89. The van der Waals surface area contributed by atoms with Gasteiger partial charge >= 0.3 is 0 Å². The Morgan fingerprint density at radius 1 is 1.27 bits per heavy atom. The van der Waals surface area contributed by atoms with Crippen LogP contribution >= 0.6 is 12.4 Å². The first-order chi connectivity index (χ1) is 6.68. The predicted octanol–water partition coefficient (Wildman–Crippen LogP) is 3.19. The Bertz CT molecular complexity index is 339. The molecule has 2 rings (SSSR count). The van der Waals surface area contributed by atoms with Gasteiger partial charge in [0.05, 0.1) is 0 Å². The largest absolute Gasteiger partial charge is 0.324 e. The fourth-order valence-corrected chi connectivity index (χ4v) is 1.82. The van der Waals surface area contributed by atoms with Gasteiger partial charge in [-0.05, 0) is 24.8 Å². The van der Waals surface area contributed by atoms with Crippen molar-refractivity contribution in [2.75, 3.05) is 0 Å². The second-order valence-corrected chi connectivity index (χ2v) is 3.88. The summed E-state index contributed by atoms with van der Waals surface area (Å²) in [6, 6.07) is 3.34. The van der Waals surface area contributed by atoms with Gasteiger partial charge < -0.3 is 5.73 Å². The van der Waals surface area contributed by atoms with Crippen LogP contribution in [0.25, 0.3) is 0 Å². The van der Waals surface area contributed by atoms with Gasteiger partial charge in [-0.2, -0.15) is 0 Å². The molecular weight excluding hydrogens is 220 g/mol. The number of hydrogen-bond acceptors (Lipinski definition) is 1. The number of nitrogens with two attached hydrogens (primary N) is 1. The standard InChI is InChI=1S/C11H13F2N.ClH/c12-8-4-5-9(10(13)6-8)11(14)7-2-1-3-7;/h4-7,11H,1-3,14H2;1H/t11-;/m1./s1. The van der Waals surface area contributed by atoms with Crippen molar-refractivity contribution in [3.8, 4) is 0 Å². The second-order valence-electron chi connectivity index (χ2n) is 3.88. The highest BCUT2D eigenvalue weighted by Gasteiger charge is 2.27. The smallest absolute Gasteiger partial charge is 0.130 e. The van der Waals surface area contributed by atoms with Crippen LogP contribution in [0.5, 0.6) is 0 Å². The van der Waals surface area contributed by atoms with Gasteiger partial charge in [0, 0.05) is 17.7 Å². The summed E-state index contributed by atoms with van der Waals surface area (Å²) in [5.41, 5.74) is 6.33. The van der Waals surface area contributed by atoms with Crippen LogP contribution in [0.3, 0.4) is 0 Å². The number of benzene rings is 1. The molecule has 4 heteroatoms. The Morgan fingerprint density at radius 2 is 1.93 bits per heavy atom. The fourth-order valence-electron chi connectivity index (χ4n) is 1.82. The lowest BCUT2D eigenvalue weighted by atomic mass is 9.77. The second kappa shape index (κ2) is 4.90. The van der Waals surface area contributed by atoms with Crippen molar-refractivity contribution in [2.45, 2.75) is 25.3 Å². The SMILES string of the molecule is Cl.N[C@@H](c1ccc(F)cc1F)C1CCC1. The molecular formula is C11H14ClF2N. The zero-order valence-corrected chi connectivity index (χ0v) is 9.07. The molecule has 15 heavy (non-hydrogen) atoms. The highest BCUT2D eigenvalue weighted by atomic mass is 35.5. The maximum atomic E-state index is 13.3. The van der Waals surface area contributed by atoms with E-state index in [1.807, 2.05) is 0 Å². The van der Waals surface area contributed by atoms with Crippen molar-refractivity contribution in [3.05, 3.63) is 35.4 Å². The summed E-state index contributed by atoms with van der Waals surface area (Å²) in [7, 11) is 0. The molecule has 0 spiro atoms. The molecule has 1 aromatic rings. The predicted molar refractivity (Wildman–Crippen MR) is 57.9 cm³/mol. The molecule has 0 bridgehead atoms. The van der Waals surface area contributed by atoms with E-state index < -0.39 is 11.6 Å². The Labute approximate surface area is 94.1 Å². The Hall–Kier alpha value is -0.670. The molecule has 1 saturated carbocycles. The van der Waals surface area contributed by atoms with Crippen LogP contribution < -0.4 is 5.73 Å². The van der Waals surface area contributed by atoms with Gasteiger partial charge in [-0.3, -0.25) is 0 Å². The zero-order valence-electron chi connectivity index (χ0n) is 8.25. The van der Waals surface area contributed by atoms with Crippen molar-refractivity contribution < 1.29 is 8.78 Å². The fraction of sp³-hybridized carbons (Fsp3) is 0.455. The monoisotopic (exact) mass is 233 g/mol. The molecule has 0 aromatic heterocycles. The molecule has 1 fully saturated rings. The third-order valence-electron chi connectivity index (χ3n) is 2.98. The third kappa shape index (κ3) is 2.47. The maximum Gasteiger partial charge on any atom is 0.130 e. The lowest BCUT2D eigenvalue weighted by Gasteiger charge is -2.31. The van der Waals surface area contributed by atoms with Gasteiger partial charge in [-0.15, -0.1) is 12.4 Å². The third-order valence-corrected chi connectivity index (χ3v) is 2.98. The van der Waals surface area contributed by atoms with E-state index in [9.17, 15) is 8.78 Å². The van der Waals surface area contributed by atoms with E-state index in [0.29, 0.717) is 11.5 Å². The molecule has 0 radical (unpaired) electrons. The van der Waals surface area contributed by atoms with E-state index in [-0.39, 0.29) is 18.4 Å². The topological polar surface area (TPSA) is 26.0 Å². The summed E-state index contributed by atoms with van der Waals surface area (Å²) < 4.78 is 25.9. The van der Waals surface area contributed by atoms with E-state index in [1.54, 1.807) is 0 Å². The summed E-state index contributed by atoms with van der Waals surface area (Å²) in [6.45, 7) is 0. The Morgan fingerprint density at radius 3 is 2.40 bits per heavy atom. The van der Waals surface area contributed by atoms with Crippen molar-refractivity contribution >= 4 is 12.4 Å². The molecule has 0 aliphatic heterocycles. The molecule has 0 amide bonds. The molecule has 0 unspecified atom stereocenters. The zero-order chi connectivity index (χ0) is 10.1. The van der Waals surface area contributed by atoms with Crippen molar-refractivity contribution in [1.29, 1.82) is 0 Å². The first-order valence-electron chi connectivity index (χ1n) is 4.89. The minimum atomic E-state index is -0.549. The van der Waals surface area contributed by atoms with Gasteiger partial charge in [-0.1, -0.05) is 12.5 Å². The molecule has 1 atom stereocenters. The summed E-state index contributed by atoms with van der Waals surface area (Å²) >= 11 is 0. The van der Waals surface area contributed by atoms with Crippen molar-refractivity contribution in [3.63, 3.8) is 0 Å². The van der Waals surface area contributed by atoms with E-state index in [0.717, 1.165) is 18.9 Å². The van der Waals surface area contributed by atoms with Crippen molar-refractivity contribution in [2.24, 2.45) is 11.7 Å². The molecule has 1 aliphatic carbocycles. The number of hydrogen-bond donors (Lipinski definition) is 1. The van der Waals surface area contributed by atoms with Crippen LogP contribution in [-0.2, 0) is 0 Å². The summed E-state index contributed by atoms with van der Waals surface area (Å²) in [5, 5.41) is 0. The van der Waals surface area contributed by atoms with Gasteiger partial charge in [-0.25, -0.2) is 8.78 Å². The number of rotatable bonds is 2. The molecule has 84 valence electrons. The Kier molecular flexibility index (Phi) is 4.05. The van der Waals surface area contributed by atoms with E-state index in [1.165, 1.54) is 18.6 Å². The molecule has 1 nitrogen and oxygen atoms in total. The highest BCUT2D eigenvalue weighted by molar-refractivity contribution is 5.85. The van der Waals surface area contributed by atoms with Gasteiger partial charge in [0.1, 0.15) is 11.6 Å². The molecule has 1 aromatic carbocycles. The maximum absolute atomic E-state index is 13.3. The minimum absolute atomic E-state index is 0. The lowest BCUT2D eigenvalue weighted by Crippen LogP contribution is -2.27. The molecule has 1 aliphatic rings. The van der Waals surface area contributed by atoms with Crippen LogP contribution in [0.15, 0.2) is 18.2 Å². The first kappa shape index (κ1) is 12.4. The van der Waals surface area contributed by atoms with Gasteiger partial charge in [0.2, 0.25) is 0 Å².